The first-order chi connectivity index (χ1) is 8.20. The predicted octanol–water partition coefficient (Wildman–Crippen LogP) is 3.27. The molecular weight excluding hydrogens is 277 g/mol. The molecule has 0 saturated heterocycles. The molecule has 1 heterocycles. The average Bonchev–Trinajstić information content (AvgIpc) is 2.75. The van der Waals surface area contributed by atoms with E-state index in [1.54, 1.807) is 23.5 Å². The lowest BCUT2D eigenvalue weighted by atomic mass is 10.2. The summed E-state index contributed by atoms with van der Waals surface area (Å²) >= 11 is 13.5. The highest BCUT2D eigenvalue weighted by atomic mass is 35.5. The molecule has 2 rings (SSSR count). The van der Waals surface area contributed by atoms with Crippen molar-refractivity contribution in [2.45, 2.75) is 6.42 Å². The van der Waals surface area contributed by atoms with Gasteiger partial charge in [-0.25, -0.2) is 0 Å². The summed E-state index contributed by atoms with van der Waals surface area (Å²) in [5.74, 6) is 0. The number of likely N-dealkylation sites (N-methyl/N-ethyl adjacent to an activating group) is 1. The van der Waals surface area contributed by atoms with Crippen LogP contribution < -0.4 is 5.32 Å². The first kappa shape index (κ1) is 12.8. The van der Waals surface area contributed by atoms with Crippen LogP contribution in [0.1, 0.15) is 5.01 Å². The first-order valence-electron chi connectivity index (χ1n) is 5.13. The Hall–Kier alpha value is -0.680. The topological polar surface area (TPSA) is 37.8 Å². The zero-order valence-corrected chi connectivity index (χ0v) is 11.5. The largest absolute Gasteiger partial charge is 0.319 e. The molecule has 0 unspecified atom stereocenters. The van der Waals surface area contributed by atoms with Gasteiger partial charge < -0.3 is 5.32 Å². The third-order valence-corrected chi connectivity index (χ3v) is 3.78. The summed E-state index contributed by atoms with van der Waals surface area (Å²) in [5.41, 5.74) is 0.879. The Morgan fingerprint density at radius 3 is 2.82 bits per heavy atom. The van der Waals surface area contributed by atoms with Crippen LogP contribution >= 0.6 is 34.5 Å². The lowest BCUT2D eigenvalue weighted by Crippen LogP contribution is -2.09. The quantitative estimate of drug-likeness (QED) is 0.938. The van der Waals surface area contributed by atoms with Crippen molar-refractivity contribution in [1.82, 2.24) is 15.5 Å². The van der Waals surface area contributed by atoms with E-state index in [1.165, 1.54) is 0 Å². The Labute approximate surface area is 114 Å². The molecule has 0 fully saturated rings. The van der Waals surface area contributed by atoms with Gasteiger partial charge in [0.25, 0.3) is 0 Å². The van der Waals surface area contributed by atoms with Crippen molar-refractivity contribution < 1.29 is 0 Å². The monoisotopic (exact) mass is 287 g/mol. The Morgan fingerprint density at radius 1 is 1.29 bits per heavy atom. The highest BCUT2D eigenvalue weighted by Crippen LogP contribution is 2.32. The van der Waals surface area contributed by atoms with Gasteiger partial charge in [0, 0.05) is 23.6 Å². The van der Waals surface area contributed by atoms with Crippen LogP contribution in [0.4, 0.5) is 0 Å². The molecule has 90 valence electrons. The fourth-order valence-electron chi connectivity index (χ4n) is 1.36. The second kappa shape index (κ2) is 5.78. The van der Waals surface area contributed by atoms with Gasteiger partial charge >= 0.3 is 0 Å². The van der Waals surface area contributed by atoms with E-state index in [0.29, 0.717) is 10.0 Å². The highest BCUT2D eigenvalue weighted by molar-refractivity contribution is 7.14. The average molecular weight is 288 g/mol. The summed E-state index contributed by atoms with van der Waals surface area (Å²) in [4.78, 5) is 0. The number of hydrogen-bond donors (Lipinski definition) is 1. The predicted molar refractivity (Wildman–Crippen MR) is 73.0 cm³/mol. The maximum Gasteiger partial charge on any atom is 0.149 e. The van der Waals surface area contributed by atoms with Crippen molar-refractivity contribution in [1.29, 1.82) is 0 Å². The van der Waals surface area contributed by atoms with Crippen LogP contribution in [0.25, 0.3) is 10.6 Å². The van der Waals surface area contributed by atoms with E-state index in [0.717, 1.165) is 28.5 Å². The van der Waals surface area contributed by atoms with Crippen LogP contribution in [0, 0.1) is 0 Å². The van der Waals surface area contributed by atoms with Gasteiger partial charge in [-0.15, -0.1) is 10.2 Å². The normalized spacial score (nSPS) is 10.8. The number of nitrogens with zero attached hydrogens (tertiary/aromatic N) is 2. The first-order valence-corrected chi connectivity index (χ1v) is 6.70. The van der Waals surface area contributed by atoms with Crippen LogP contribution in [0.5, 0.6) is 0 Å². The Bertz CT molecular complexity index is 513. The van der Waals surface area contributed by atoms with Gasteiger partial charge in [-0.3, -0.25) is 0 Å². The Balaban J connectivity index is 2.24. The lowest BCUT2D eigenvalue weighted by Gasteiger charge is -1.99. The van der Waals surface area contributed by atoms with Crippen molar-refractivity contribution in [2.75, 3.05) is 13.6 Å². The second-order valence-electron chi connectivity index (χ2n) is 3.48. The van der Waals surface area contributed by atoms with Crippen molar-refractivity contribution in [3.63, 3.8) is 0 Å². The molecule has 6 heteroatoms. The van der Waals surface area contributed by atoms with Gasteiger partial charge in [-0.2, -0.15) is 0 Å². The number of nitrogens with one attached hydrogen (secondary N) is 1. The molecule has 0 aliphatic rings. The number of halogens is 2. The van der Waals surface area contributed by atoms with Gasteiger partial charge in [-0.1, -0.05) is 34.5 Å². The number of benzene rings is 1. The van der Waals surface area contributed by atoms with E-state index in [2.05, 4.69) is 15.5 Å². The van der Waals surface area contributed by atoms with Crippen LogP contribution in [0.2, 0.25) is 10.0 Å². The standard InChI is InChI=1S/C11H11Cl2N3S/c1-14-5-4-10-15-16-11(17-10)8-3-2-7(12)6-9(8)13/h2-3,6,14H,4-5H2,1H3. The fourth-order valence-corrected chi connectivity index (χ4v) is 2.79. The molecule has 0 saturated carbocycles. The smallest absolute Gasteiger partial charge is 0.149 e. The molecule has 0 aliphatic heterocycles. The summed E-state index contributed by atoms with van der Waals surface area (Å²) in [7, 11) is 1.91. The van der Waals surface area contributed by atoms with Gasteiger partial charge in [0.05, 0.1) is 5.02 Å². The van der Waals surface area contributed by atoms with E-state index in [9.17, 15) is 0 Å². The molecule has 0 spiro atoms. The molecule has 1 aromatic carbocycles. The van der Waals surface area contributed by atoms with Crippen LogP contribution in [0.15, 0.2) is 18.2 Å². The summed E-state index contributed by atoms with van der Waals surface area (Å²) in [6.07, 6.45) is 0.874. The molecule has 2 aromatic rings. The molecule has 0 radical (unpaired) electrons. The van der Waals surface area contributed by atoms with Crippen molar-refractivity contribution in [2.24, 2.45) is 0 Å². The number of aromatic nitrogens is 2. The molecule has 0 bridgehead atoms. The minimum Gasteiger partial charge on any atom is -0.319 e. The van der Waals surface area contributed by atoms with E-state index < -0.39 is 0 Å². The Morgan fingerprint density at radius 2 is 2.12 bits per heavy atom. The van der Waals surface area contributed by atoms with Gasteiger partial charge in [0.15, 0.2) is 0 Å². The van der Waals surface area contributed by atoms with Crippen LogP contribution in [-0.4, -0.2) is 23.8 Å². The van der Waals surface area contributed by atoms with Crippen molar-refractivity contribution >= 4 is 34.5 Å². The maximum atomic E-state index is 6.12. The van der Waals surface area contributed by atoms with Gasteiger partial charge in [0.2, 0.25) is 0 Å². The Kier molecular flexibility index (Phi) is 4.34. The van der Waals surface area contributed by atoms with Gasteiger partial charge in [0.1, 0.15) is 10.0 Å². The zero-order chi connectivity index (χ0) is 12.3. The summed E-state index contributed by atoms with van der Waals surface area (Å²) in [5, 5.41) is 14.4. The number of rotatable bonds is 4. The summed E-state index contributed by atoms with van der Waals surface area (Å²) in [6.45, 7) is 0.892. The zero-order valence-electron chi connectivity index (χ0n) is 9.20. The second-order valence-corrected chi connectivity index (χ2v) is 5.38. The molecule has 0 atom stereocenters. The lowest BCUT2D eigenvalue weighted by molar-refractivity contribution is 0.779. The molecule has 3 nitrogen and oxygen atoms in total. The third-order valence-electron chi connectivity index (χ3n) is 2.22. The molecule has 0 amide bonds. The summed E-state index contributed by atoms with van der Waals surface area (Å²) < 4.78 is 0. The fraction of sp³-hybridized carbons (Fsp3) is 0.273. The number of hydrogen-bond acceptors (Lipinski definition) is 4. The van der Waals surface area contributed by atoms with E-state index in [4.69, 9.17) is 23.2 Å². The molecule has 1 aromatic heterocycles. The minimum absolute atomic E-state index is 0.605. The summed E-state index contributed by atoms with van der Waals surface area (Å²) in [6, 6.07) is 5.39. The van der Waals surface area contributed by atoms with Crippen molar-refractivity contribution in [3.8, 4) is 10.6 Å². The molecule has 0 aliphatic carbocycles. The van der Waals surface area contributed by atoms with Crippen molar-refractivity contribution in [3.05, 3.63) is 33.3 Å². The minimum atomic E-state index is 0.605. The maximum absolute atomic E-state index is 6.12. The van der Waals surface area contributed by atoms with E-state index in [-0.39, 0.29) is 0 Å². The van der Waals surface area contributed by atoms with E-state index >= 15 is 0 Å². The van der Waals surface area contributed by atoms with Gasteiger partial charge in [-0.05, 0) is 25.2 Å². The van der Waals surface area contributed by atoms with Crippen LogP contribution in [0.3, 0.4) is 0 Å². The third kappa shape index (κ3) is 3.16. The SMILES string of the molecule is CNCCc1nnc(-c2ccc(Cl)cc2Cl)s1. The molecule has 1 N–H and O–H groups in total. The molecular formula is C11H11Cl2N3S. The van der Waals surface area contributed by atoms with E-state index in [1.807, 2.05) is 13.1 Å². The molecule has 17 heavy (non-hydrogen) atoms. The highest BCUT2D eigenvalue weighted by Gasteiger charge is 2.10. The van der Waals surface area contributed by atoms with Crippen LogP contribution in [-0.2, 0) is 6.42 Å².